The van der Waals surface area contributed by atoms with Gasteiger partial charge in [0.25, 0.3) is 11.5 Å². The van der Waals surface area contributed by atoms with Gasteiger partial charge in [-0.15, -0.1) is 11.8 Å². The Balaban J connectivity index is 1.65. The number of halogens is 1. The number of hydrazine groups is 1. The van der Waals surface area contributed by atoms with E-state index in [9.17, 15) is 14.4 Å². The molecule has 1 aromatic heterocycles. The molecule has 9 heteroatoms. The number of hydrogen-bond acceptors (Lipinski definition) is 5. The summed E-state index contributed by atoms with van der Waals surface area (Å²) < 4.78 is 2.25. The lowest BCUT2D eigenvalue weighted by atomic mass is 10.1. The standard InChI is InChI=1S/C21H21BrN4O3S/c1-13(2)26-21(29)15-8-4-3-7-14(15)19(25-26)20(28)24-23-18(27)11-12-30-17-10-6-5-9-16(17)22/h3-10,13H,11-12H2,1-2H3,(H,23,27)(H,24,28). The first-order valence-electron chi connectivity index (χ1n) is 9.36. The number of benzene rings is 2. The lowest BCUT2D eigenvalue weighted by molar-refractivity contribution is -0.121. The Kier molecular flexibility index (Phi) is 7.28. The summed E-state index contributed by atoms with van der Waals surface area (Å²) in [5, 5.41) is 5.07. The maximum absolute atomic E-state index is 12.7. The van der Waals surface area contributed by atoms with Gasteiger partial charge in [-0.05, 0) is 48.0 Å². The van der Waals surface area contributed by atoms with E-state index in [1.165, 1.54) is 4.68 Å². The Morgan fingerprint density at radius 2 is 1.73 bits per heavy atom. The van der Waals surface area contributed by atoms with E-state index in [1.54, 1.807) is 36.0 Å². The minimum absolute atomic E-state index is 0.0850. The van der Waals surface area contributed by atoms with E-state index in [2.05, 4.69) is 31.9 Å². The van der Waals surface area contributed by atoms with Crippen LogP contribution in [0.3, 0.4) is 0 Å². The van der Waals surface area contributed by atoms with Crippen molar-refractivity contribution < 1.29 is 9.59 Å². The van der Waals surface area contributed by atoms with Gasteiger partial charge in [0.05, 0.1) is 11.4 Å². The number of thioether (sulfide) groups is 1. The van der Waals surface area contributed by atoms with Gasteiger partial charge in [0.1, 0.15) is 0 Å². The van der Waals surface area contributed by atoms with Crippen LogP contribution in [0.2, 0.25) is 0 Å². The van der Waals surface area contributed by atoms with Crippen LogP contribution in [-0.2, 0) is 4.79 Å². The second kappa shape index (κ2) is 9.90. The summed E-state index contributed by atoms with van der Waals surface area (Å²) in [5.74, 6) is -0.333. The fourth-order valence-electron chi connectivity index (χ4n) is 2.79. The molecular formula is C21H21BrN4O3S. The van der Waals surface area contributed by atoms with Crippen molar-refractivity contribution in [2.75, 3.05) is 5.75 Å². The number of hydrogen-bond donors (Lipinski definition) is 2. The van der Waals surface area contributed by atoms with E-state index < -0.39 is 5.91 Å². The minimum atomic E-state index is -0.576. The third-order valence-corrected chi connectivity index (χ3v) is 6.30. The van der Waals surface area contributed by atoms with Crippen molar-refractivity contribution in [3.8, 4) is 0 Å². The van der Waals surface area contributed by atoms with Gasteiger partial charge in [0.2, 0.25) is 5.91 Å². The molecule has 0 saturated carbocycles. The first-order valence-corrected chi connectivity index (χ1v) is 11.1. The Morgan fingerprint density at radius 3 is 2.43 bits per heavy atom. The van der Waals surface area contributed by atoms with Crippen LogP contribution in [0.4, 0.5) is 0 Å². The van der Waals surface area contributed by atoms with Crippen molar-refractivity contribution in [2.24, 2.45) is 0 Å². The Morgan fingerprint density at radius 1 is 1.07 bits per heavy atom. The lowest BCUT2D eigenvalue weighted by Crippen LogP contribution is -2.43. The molecule has 0 aliphatic heterocycles. The zero-order valence-electron chi connectivity index (χ0n) is 16.5. The maximum Gasteiger partial charge on any atom is 0.290 e. The van der Waals surface area contributed by atoms with E-state index in [-0.39, 0.29) is 29.6 Å². The molecule has 7 nitrogen and oxygen atoms in total. The van der Waals surface area contributed by atoms with Crippen molar-refractivity contribution in [3.63, 3.8) is 0 Å². The van der Waals surface area contributed by atoms with Gasteiger partial charge in [-0.3, -0.25) is 25.2 Å². The molecule has 3 aromatic rings. The van der Waals surface area contributed by atoms with Crippen LogP contribution in [-0.4, -0.2) is 27.3 Å². The van der Waals surface area contributed by atoms with E-state index >= 15 is 0 Å². The normalized spacial score (nSPS) is 10.9. The summed E-state index contributed by atoms with van der Waals surface area (Å²) in [6, 6.07) is 14.4. The van der Waals surface area contributed by atoms with Crippen LogP contribution in [0.15, 0.2) is 62.7 Å². The molecule has 0 saturated heterocycles. The molecule has 0 aliphatic carbocycles. The van der Waals surface area contributed by atoms with Crippen molar-refractivity contribution in [2.45, 2.75) is 31.2 Å². The van der Waals surface area contributed by atoms with Crippen molar-refractivity contribution >= 4 is 50.3 Å². The largest absolute Gasteiger partial charge is 0.290 e. The van der Waals surface area contributed by atoms with Crippen LogP contribution in [0.5, 0.6) is 0 Å². The third kappa shape index (κ3) is 5.09. The summed E-state index contributed by atoms with van der Waals surface area (Å²) >= 11 is 5.01. The molecule has 0 fully saturated rings. The van der Waals surface area contributed by atoms with Gasteiger partial charge in [-0.25, -0.2) is 4.68 Å². The van der Waals surface area contributed by atoms with Gasteiger partial charge in [0, 0.05) is 26.9 Å². The zero-order valence-corrected chi connectivity index (χ0v) is 18.9. The fourth-order valence-corrected chi connectivity index (χ4v) is 4.30. The van der Waals surface area contributed by atoms with Crippen LogP contribution in [0.25, 0.3) is 10.8 Å². The summed E-state index contributed by atoms with van der Waals surface area (Å²) in [4.78, 5) is 38.4. The molecule has 1 heterocycles. The number of amides is 2. The van der Waals surface area contributed by atoms with Gasteiger partial charge in [0.15, 0.2) is 5.69 Å². The molecule has 3 rings (SSSR count). The number of fused-ring (bicyclic) bond motifs is 1. The molecule has 2 amide bonds. The summed E-state index contributed by atoms with van der Waals surface area (Å²) in [7, 11) is 0. The zero-order chi connectivity index (χ0) is 21.7. The monoisotopic (exact) mass is 488 g/mol. The average Bonchev–Trinajstić information content (AvgIpc) is 2.73. The van der Waals surface area contributed by atoms with Crippen LogP contribution >= 0.6 is 27.7 Å². The Labute approximate surface area is 186 Å². The fraction of sp³-hybridized carbons (Fsp3) is 0.238. The van der Waals surface area contributed by atoms with E-state index in [4.69, 9.17) is 0 Å². The number of aromatic nitrogens is 2. The molecule has 0 aliphatic rings. The summed E-state index contributed by atoms with van der Waals surface area (Å²) in [6.07, 6.45) is 0.228. The van der Waals surface area contributed by atoms with Crippen LogP contribution in [0, 0.1) is 0 Å². The quantitative estimate of drug-likeness (QED) is 0.407. The molecule has 0 spiro atoms. The third-order valence-electron chi connectivity index (χ3n) is 4.27. The number of carbonyl (C=O) groups is 2. The van der Waals surface area contributed by atoms with Gasteiger partial charge in [-0.1, -0.05) is 30.3 Å². The number of nitrogens with one attached hydrogen (secondary N) is 2. The molecular weight excluding hydrogens is 468 g/mol. The smallest absolute Gasteiger partial charge is 0.273 e. The van der Waals surface area contributed by atoms with Crippen molar-refractivity contribution in [1.29, 1.82) is 0 Å². The topological polar surface area (TPSA) is 93.1 Å². The highest BCUT2D eigenvalue weighted by Crippen LogP contribution is 2.27. The van der Waals surface area contributed by atoms with E-state index in [1.807, 2.05) is 38.1 Å². The average molecular weight is 489 g/mol. The van der Waals surface area contributed by atoms with Crippen molar-refractivity contribution in [3.05, 3.63) is 69.1 Å². The second-order valence-electron chi connectivity index (χ2n) is 6.77. The molecule has 2 aromatic carbocycles. The first-order chi connectivity index (χ1) is 14.4. The van der Waals surface area contributed by atoms with Gasteiger partial charge < -0.3 is 0 Å². The predicted octanol–water partition coefficient (Wildman–Crippen LogP) is 3.68. The molecule has 0 atom stereocenters. The van der Waals surface area contributed by atoms with Gasteiger partial charge in [-0.2, -0.15) is 5.10 Å². The predicted molar refractivity (Wildman–Crippen MR) is 121 cm³/mol. The molecule has 2 N–H and O–H groups in total. The second-order valence-corrected chi connectivity index (χ2v) is 8.76. The summed E-state index contributed by atoms with van der Waals surface area (Å²) in [5.41, 5.74) is 4.65. The molecule has 156 valence electrons. The van der Waals surface area contributed by atoms with Crippen LogP contribution in [0.1, 0.15) is 36.8 Å². The highest BCUT2D eigenvalue weighted by molar-refractivity contribution is 9.10. The minimum Gasteiger partial charge on any atom is -0.273 e. The number of carbonyl (C=O) groups excluding carboxylic acids is 2. The maximum atomic E-state index is 12.7. The first kappa shape index (κ1) is 22.0. The SMILES string of the molecule is CC(C)n1nc(C(=O)NNC(=O)CCSc2ccccc2Br)c2ccccc2c1=O. The van der Waals surface area contributed by atoms with Gasteiger partial charge >= 0.3 is 0 Å². The Bertz CT molecular complexity index is 1150. The molecule has 30 heavy (non-hydrogen) atoms. The molecule has 0 bridgehead atoms. The lowest BCUT2D eigenvalue weighted by Gasteiger charge is -2.13. The van der Waals surface area contributed by atoms with Crippen molar-refractivity contribution in [1.82, 2.24) is 20.6 Å². The molecule has 0 unspecified atom stereocenters. The van der Waals surface area contributed by atoms with E-state index in [0.717, 1.165) is 9.37 Å². The highest BCUT2D eigenvalue weighted by Gasteiger charge is 2.18. The van der Waals surface area contributed by atoms with Crippen LogP contribution < -0.4 is 16.4 Å². The number of nitrogens with zero attached hydrogens (tertiary/aromatic N) is 2. The van der Waals surface area contributed by atoms with E-state index in [0.29, 0.717) is 16.5 Å². The summed E-state index contributed by atoms with van der Waals surface area (Å²) in [6.45, 7) is 3.63. The highest BCUT2D eigenvalue weighted by atomic mass is 79.9. The Hall–Kier alpha value is -2.65. The molecule has 0 radical (unpaired) electrons. The number of rotatable bonds is 6.